The van der Waals surface area contributed by atoms with Crippen LogP contribution in [-0.4, -0.2) is 19.7 Å². The van der Waals surface area contributed by atoms with E-state index in [0.717, 1.165) is 42.1 Å². The van der Waals surface area contributed by atoms with Crippen molar-refractivity contribution < 1.29 is 19.0 Å². The van der Waals surface area contributed by atoms with Gasteiger partial charge in [-0.15, -0.1) is 11.8 Å². The molecule has 1 aliphatic rings. The zero-order valence-electron chi connectivity index (χ0n) is 19.7. The molecule has 0 aliphatic heterocycles. The van der Waals surface area contributed by atoms with Gasteiger partial charge in [-0.25, -0.2) is 4.79 Å². The molecule has 3 aromatic carbocycles. The van der Waals surface area contributed by atoms with Crippen LogP contribution in [0.2, 0.25) is 0 Å². The summed E-state index contributed by atoms with van der Waals surface area (Å²) in [5.41, 5.74) is 6.19. The van der Waals surface area contributed by atoms with Crippen LogP contribution in [0, 0.1) is 0 Å². The van der Waals surface area contributed by atoms with E-state index < -0.39 is 0 Å². The first-order chi connectivity index (χ1) is 16.7. The number of carbonyl (C=O) groups is 1. The molecule has 0 heterocycles. The van der Waals surface area contributed by atoms with Crippen molar-refractivity contribution in [3.8, 4) is 11.5 Å². The number of carbonyl (C=O) groups excluding carboxylic acids is 1. The van der Waals surface area contributed by atoms with Gasteiger partial charge in [-0.2, -0.15) is 0 Å². The Morgan fingerprint density at radius 3 is 2.38 bits per heavy atom. The summed E-state index contributed by atoms with van der Waals surface area (Å²) in [7, 11) is 1.37. The summed E-state index contributed by atoms with van der Waals surface area (Å²) < 4.78 is 16.3. The van der Waals surface area contributed by atoms with E-state index in [1.165, 1.54) is 34.3 Å². The average molecular weight is 475 g/mol. The molecule has 0 spiro atoms. The Bertz CT molecular complexity index is 1130. The number of fused-ring (bicyclic) bond motifs is 1. The summed E-state index contributed by atoms with van der Waals surface area (Å²) >= 11 is 1.84. The molecule has 0 fully saturated rings. The van der Waals surface area contributed by atoms with Crippen molar-refractivity contribution in [1.29, 1.82) is 0 Å². The fraction of sp³-hybridized carbons (Fsp3) is 0.276. The fourth-order valence-corrected chi connectivity index (χ4v) is 5.11. The Kier molecular flexibility index (Phi) is 8.31. The van der Waals surface area contributed by atoms with Crippen LogP contribution in [0.15, 0.2) is 71.6 Å². The van der Waals surface area contributed by atoms with Crippen LogP contribution in [0.4, 0.5) is 0 Å². The number of ether oxygens (including phenoxy) is 3. The number of benzene rings is 3. The third-order valence-corrected chi connectivity index (χ3v) is 7.01. The molecule has 0 bridgehead atoms. The molecule has 0 aromatic heterocycles. The van der Waals surface area contributed by atoms with Crippen LogP contribution >= 0.6 is 11.8 Å². The molecule has 0 atom stereocenters. The van der Waals surface area contributed by atoms with Gasteiger partial charge in [0.05, 0.1) is 7.11 Å². The lowest BCUT2D eigenvalue weighted by molar-refractivity contribution is -0.142. The van der Waals surface area contributed by atoms with E-state index in [4.69, 9.17) is 9.47 Å². The lowest BCUT2D eigenvalue weighted by Gasteiger charge is -2.14. The topological polar surface area (TPSA) is 44.8 Å². The molecule has 0 radical (unpaired) electrons. The minimum absolute atomic E-state index is 0.0502. The number of allylic oxidation sites excluding steroid dienone is 1. The Hall–Kier alpha value is -3.18. The molecule has 4 rings (SSSR count). The number of esters is 1. The van der Waals surface area contributed by atoms with Crippen molar-refractivity contribution >= 4 is 23.8 Å². The molecule has 3 aromatic rings. The summed E-state index contributed by atoms with van der Waals surface area (Å²) in [6, 6.07) is 20.8. The molecule has 1 aliphatic carbocycles. The van der Waals surface area contributed by atoms with Crippen LogP contribution in [0.1, 0.15) is 41.2 Å². The molecule has 0 saturated heterocycles. The van der Waals surface area contributed by atoms with E-state index in [2.05, 4.69) is 53.3 Å². The third-order valence-electron chi connectivity index (χ3n) is 5.83. The van der Waals surface area contributed by atoms with Gasteiger partial charge in [0, 0.05) is 10.6 Å². The second kappa shape index (κ2) is 11.8. The number of rotatable bonds is 10. The van der Waals surface area contributed by atoms with Crippen molar-refractivity contribution in [2.75, 3.05) is 13.7 Å². The van der Waals surface area contributed by atoms with E-state index in [9.17, 15) is 4.79 Å². The first-order valence-corrected chi connectivity index (χ1v) is 12.6. The van der Waals surface area contributed by atoms with Gasteiger partial charge in [0.15, 0.2) is 6.61 Å². The zero-order chi connectivity index (χ0) is 23.8. The van der Waals surface area contributed by atoms with Crippen molar-refractivity contribution in [1.82, 2.24) is 0 Å². The molecular weight excluding hydrogens is 444 g/mol. The molecular formula is C29H30O4S. The van der Waals surface area contributed by atoms with Gasteiger partial charge in [-0.05, 0) is 78.3 Å². The smallest absolute Gasteiger partial charge is 0.343 e. The predicted octanol–water partition coefficient (Wildman–Crippen LogP) is 6.63. The largest absolute Gasteiger partial charge is 0.489 e. The summed E-state index contributed by atoms with van der Waals surface area (Å²) in [5, 5.41) is 0. The number of thioether (sulfide) groups is 1. The maximum absolute atomic E-state index is 11.4. The van der Waals surface area contributed by atoms with Crippen LogP contribution in [0.3, 0.4) is 0 Å². The first-order valence-electron chi connectivity index (χ1n) is 11.6. The Balaban J connectivity index is 1.32. The standard InChI is InChI=1S/C29H30O4S/c1-3-5-21-8-10-22(11-9-21)18-32-24-14-12-23(13-15-24)20-34-28-17-16-27(33-19-29(30)31-2)25-6-4-7-26(25)28/h3,5,8-17H,4,6-7,18-20H2,1-2H3/b5-3+. The van der Waals surface area contributed by atoms with E-state index in [1.54, 1.807) is 0 Å². The van der Waals surface area contributed by atoms with Crippen LogP contribution in [-0.2, 0) is 34.7 Å². The lowest BCUT2D eigenvalue weighted by Crippen LogP contribution is -2.13. The minimum atomic E-state index is -0.361. The zero-order valence-corrected chi connectivity index (χ0v) is 20.5. The highest BCUT2D eigenvalue weighted by molar-refractivity contribution is 7.98. The van der Waals surface area contributed by atoms with E-state index >= 15 is 0 Å². The third kappa shape index (κ3) is 6.23. The van der Waals surface area contributed by atoms with Crippen molar-refractivity contribution in [3.63, 3.8) is 0 Å². The van der Waals surface area contributed by atoms with E-state index in [0.29, 0.717) is 6.61 Å². The summed E-state index contributed by atoms with van der Waals surface area (Å²) in [4.78, 5) is 12.7. The van der Waals surface area contributed by atoms with Crippen LogP contribution in [0.25, 0.3) is 6.08 Å². The highest BCUT2D eigenvalue weighted by atomic mass is 32.2. The molecule has 5 heteroatoms. The van der Waals surface area contributed by atoms with Crippen LogP contribution < -0.4 is 9.47 Å². The lowest BCUT2D eigenvalue weighted by atomic mass is 10.1. The summed E-state index contributed by atoms with van der Waals surface area (Å²) in [6.45, 7) is 2.53. The van der Waals surface area contributed by atoms with Gasteiger partial charge in [-0.1, -0.05) is 48.6 Å². The quantitative estimate of drug-likeness (QED) is 0.244. The van der Waals surface area contributed by atoms with Gasteiger partial charge < -0.3 is 14.2 Å². The van der Waals surface area contributed by atoms with Gasteiger partial charge in [0.25, 0.3) is 0 Å². The van der Waals surface area contributed by atoms with Crippen molar-refractivity contribution in [3.05, 3.63) is 94.6 Å². The Morgan fingerprint density at radius 2 is 1.65 bits per heavy atom. The van der Waals surface area contributed by atoms with Crippen molar-refractivity contribution in [2.24, 2.45) is 0 Å². The average Bonchev–Trinajstić information content (AvgIpc) is 3.37. The normalized spacial score (nSPS) is 12.5. The van der Waals surface area contributed by atoms with Crippen molar-refractivity contribution in [2.45, 2.75) is 43.4 Å². The fourth-order valence-electron chi connectivity index (χ4n) is 4.03. The highest BCUT2D eigenvalue weighted by Crippen LogP contribution is 2.38. The number of hydrogen-bond acceptors (Lipinski definition) is 5. The molecule has 0 amide bonds. The predicted molar refractivity (Wildman–Crippen MR) is 137 cm³/mol. The monoisotopic (exact) mass is 474 g/mol. The Labute approximate surface area is 205 Å². The molecule has 0 unspecified atom stereocenters. The second-order valence-electron chi connectivity index (χ2n) is 8.20. The van der Waals surface area contributed by atoms with E-state index in [-0.39, 0.29) is 12.6 Å². The van der Waals surface area contributed by atoms with Gasteiger partial charge in [0.1, 0.15) is 18.1 Å². The van der Waals surface area contributed by atoms with Gasteiger partial charge >= 0.3 is 5.97 Å². The minimum Gasteiger partial charge on any atom is -0.489 e. The molecule has 4 nitrogen and oxygen atoms in total. The summed E-state index contributed by atoms with van der Waals surface area (Å²) in [6.07, 6.45) is 7.28. The number of methoxy groups -OCH3 is 1. The first kappa shape index (κ1) is 24.0. The molecule has 0 N–H and O–H groups in total. The van der Waals surface area contributed by atoms with E-state index in [1.807, 2.05) is 43.0 Å². The Morgan fingerprint density at radius 1 is 0.912 bits per heavy atom. The molecule has 34 heavy (non-hydrogen) atoms. The second-order valence-corrected chi connectivity index (χ2v) is 9.22. The SMILES string of the molecule is C/C=C/c1ccc(COc2ccc(CSc3ccc(OCC(=O)OC)c4c3CCC4)cc2)cc1. The maximum atomic E-state index is 11.4. The summed E-state index contributed by atoms with van der Waals surface area (Å²) in [5.74, 6) is 2.21. The van der Waals surface area contributed by atoms with Gasteiger partial charge in [0.2, 0.25) is 0 Å². The highest BCUT2D eigenvalue weighted by Gasteiger charge is 2.20. The van der Waals surface area contributed by atoms with Crippen LogP contribution in [0.5, 0.6) is 11.5 Å². The number of hydrogen-bond donors (Lipinski definition) is 0. The molecule has 0 saturated carbocycles. The molecule has 176 valence electrons. The maximum Gasteiger partial charge on any atom is 0.343 e. The van der Waals surface area contributed by atoms with Gasteiger partial charge in [-0.3, -0.25) is 0 Å².